The molecule has 1 aromatic rings. The van der Waals surface area contributed by atoms with Crippen molar-refractivity contribution < 1.29 is 0 Å². The van der Waals surface area contributed by atoms with Crippen LogP contribution >= 0.6 is 0 Å². The Labute approximate surface area is 122 Å². The van der Waals surface area contributed by atoms with Crippen LogP contribution in [0.2, 0.25) is 0 Å². The zero-order chi connectivity index (χ0) is 13.8. The van der Waals surface area contributed by atoms with Gasteiger partial charge in [-0.3, -0.25) is 14.8 Å². The first-order valence-electron chi connectivity index (χ1n) is 7.97. The van der Waals surface area contributed by atoms with Crippen LogP contribution in [0.15, 0.2) is 18.2 Å². The number of rotatable bonds is 6. The highest BCUT2D eigenvalue weighted by Crippen LogP contribution is 2.27. The number of hydrogen-bond donors (Lipinski definition) is 1. The normalized spacial score (nSPS) is 21.2. The molecule has 0 atom stereocenters. The van der Waals surface area contributed by atoms with Crippen molar-refractivity contribution in [1.29, 1.82) is 0 Å². The fourth-order valence-electron chi connectivity index (χ4n) is 2.92. The molecule has 110 valence electrons. The third-order valence-corrected chi connectivity index (χ3v) is 4.28. The number of pyridine rings is 1. The summed E-state index contributed by atoms with van der Waals surface area (Å²) in [4.78, 5) is 9.95. The Morgan fingerprint density at radius 2 is 1.90 bits per heavy atom. The van der Waals surface area contributed by atoms with Crippen molar-refractivity contribution in [2.24, 2.45) is 0 Å². The zero-order valence-corrected chi connectivity index (χ0v) is 12.5. The monoisotopic (exact) mass is 274 g/mol. The van der Waals surface area contributed by atoms with Crippen molar-refractivity contribution in [3.8, 4) is 0 Å². The molecule has 0 amide bonds. The molecule has 1 aromatic heterocycles. The van der Waals surface area contributed by atoms with Crippen LogP contribution in [0.4, 0.5) is 0 Å². The second kappa shape index (κ2) is 6.66. The minimum Gasteiger partial charge on any atom is -0.311 e. The van der Waals surface area contributed by atoms with E-state index in [-0.39, 0.29) is 0 Å². The third-order valence-electron chi connectivity index (χ3n) is 4.28. The number of piperazine rings is 1. The molecule has 2 aliphatic rings. The average molecular weight is 274 g/mol. The molecule has 0 unspecified atom stereocenters. The van der Waals surface area contributed by atoms with Crippen LogP contribution in [0.1, 0.15) is 31.2 Å². The van der Waals surface area contributed by atoms with Crippen LogP contribution in [0.5, 0.6) is 0 Å². The first kappa shape index (κ1) is 14.0. The molecular weight excluding hydrogens is 248 g/mol. The quantitative estimate of drug-likeness (QED) is 0.851. The van der Waals surface area contributed by atoms with Crippen molar-refractivity contribution in [2.75, 3.05) is 32.7 Å². The maximum Gasteiger partial charge on any atom is 0.0547 e. The highest BCUT2D eigenvalue weighted by molar-refractivity contribution is 5.11. The van der Waals surface area contributed by atoms with Crippen LogP contribution in [0, 0.1) is 0 Å². The third kappa shape index (κ3) is 3.78. The lowest BCUT2D eigenvalue weighted by Gasteiger charge is -2.34. The van der Waals surface area contributed by atoms with Gasteiger partial charge in [0.05, 0.1) is 11.4 Å². The molecule has 1 saturated heterocycles. The SMILES string of the molecule is CCNCc1cccc(CN2CCN(C3CC3)CC2)n1. The number of nitrogens with zero attached hydrogens (tertiary/aromatic N) is 3. The van der Waals surface area contributed by atoms with E-state index in [2.05, 4.69) is 40.2 Å². The Morgan fingerprint density at radius 3 is 2.60 bits per heavy atom. The summed E-state index contributed by atoms with van der Waals surface area (Å²) in [7, 11) is 0. The van der Waals surface area contributed by atoms with Gasteiger partial charge in [-0.2, -0.15) is 0 Å². The van der Waals surface area contributed by atoms with Gasteiger partial charge < -0.3 is 5.32 Å². The highest BCUT2D eigenvalue weighted by Gasteiger charge is 2.31. The number of nitrogens with one attached hydrogen (secondary N) is 1. The molecule has 1 N–H and O–H groups in total. The predicted octanol–water partition coefficient (Wildman–Crippen LogP) is 1.47. The summed E-state index contributed by atoms with van der Waals surface area (Å²) in [6.07, 6.45) is 2.85. The number of hydrogen-bond acceptors (Lipinski definition) is 4. The minimum atomic E-state index is 0.875. The topological polar surface area (TPSA) is 31.4 Å². The first-order valence-corrected chi connectivity index (χ1v) is 7.97. The molecule has 0 radical (unpaired) electrons. The van der Waals surface area contributed by atoms with Crippen molar-refractivity contribution in [1.82, 2.24) is 20.1 Å². The van der Waals surface area contributed by atoms with Gasteiger partial charge >= 0.3 is 0 Å². The molecule has 4 nitrogen and oxygen atoms in total. The molecule has 0 bridgehead atoms. The van der Waals surface area contributed by atoms with Crippen molar-refractivity contribution in [3.63, 3.8) is 0 Å². The maximum atomic E-state index is 4.75. The van der Waals surface area contributed by atoms with Gasteiger partial charge in [-0.1, -0.05) is 13.0 Å². The van der Waals surface area contributed by atoms with Gasteiger partial charge in [-0.15, -0.1) is 0 Å². The molecule has 1 saturated carbocycles. The zero-order valence-electron chi connectivity index (χ0n) is 12.5. The summed E-state index contributed by atoms with van der Waals surface area (Å²) in [6.45, 7) is 9.85. The molecule has 20 heavy (non-hydrogen) atoms. The van der Waals surface area contributed by atoms with E-state index < -0.39 is 0 Å². The van der Waals surface area contributed by atoms with E-state index in [0.717, 1.165) is 31.4 Å². The lowest BCUT2D eigenvalue weighted by molar-refractivity contribution is 0.120. The van der Waals surface area contributed by atoms with Gasteiger partial charge in [0.1, 0.15) is 0 Å². The molecule has 4 heteroatoms. The van der Waals surface area contributed by atoms with E-state index >= 15 is 0 Å². The smallest absolute Gasteiger partial charge is 0.0547 e. The molecule has 1 aliphatic carbocycles. The highest BCUT2D eigenvalue weighted by atomic mass is 15.3. The molecule has 0 aromatic carbocycles. The Kier molecular flexibility index (Phi) is 4.65. The molecule has 2 heterocycles. The summed E-state index contributed by atoms with van der Waals surface area (Å²) in [5.74, 6) is 0. The van der Waals surface area contributed by atoms with E-state index in [1.54, 1.807) is 0 Å². The fourth-order valence-corrected chi connectivity index (χ4v) is 2.92. The van der Waals surface area contributed by atoms with Crippen LogP contribution in [0.3, 0.4) is 0 Å². The van der Waals surface area contributed by atoms with Crippen LogP contribution in [-0.2, 0) is 13.1 Å². The largest absolute Gasteiger partial charge is 0.311 e. The second-order valence-corrected chi connectivity index (χ2v) is 5.94. The van der Waals surface area contributed by atoms with E-state index in [1.807, 2.05) is 0 Å². The Hall–Kier alpha value is -0.970. The van der Waals surface area contributed by atoms with E-state index in [9.17, 15) is 0 Å². The Bertz CT molecular complexity index is 422. The second-order valence-electron chi connectivity index (χ2n) is 5.94. The summed E-state index contributed by atoms with van der Waals surface area (Å²) < 4.78 is 0. The van der Waals surface area contributed by atoms with Gasteiger partial charge in [-0.25, -0.2) is 0 Å². The standard InChI is InChI=1S/C16H26N4/c1-2-17-12-14-4-3-5-15(18-14)13-19-8-10-20(11-9-19)16-6-7-16/h3-5,16-17H,2,6-13H2,1H3. The van der Waals surface area contributed by atoms with Gasteiger partial charge in [-0.05, 0) is 31.5 Å². The van der Waals surface area contributed by atoms with Crippen LogP contribution in [0.25, 0.3) is 0 Å². The summed E-state index contributed by atoms with van der Waals surface area (Å²) in [6, 6.07) is 7.31. The Balaban J connectivity index is 1.49. The first-order chi connectivity index (χ1) is 9.85. The Morgan fingerprint density at radius 1 is 1.15 bits per heavy atom. The molecule has 1 aliphatic heterocycles. The molecule has 3 rings (SSSR count). The van der Waals surface area contributed by atoms with Crippen molar-refractivity contribution in [2.45, 2.75) is 38.9 Å². The van der Waals surface area contributed by atoms with Gasteiger partial charge in [0.15, 0.2) is 0 Å². The van der Waals surface area contributed by atoms with E-state index in [0.29, 0.717) is 0 Å². The van der Waals surface area contributed by atoms with Gasteiger partial charge in [0.25, 0.3) is 0 Å². The average Bonchev–Trinajstić information content (AvgIpc) is 3.31. The summed E-state index contributed by atoms with van der Waals surface area (Å²) >= 11 is 0. The van der Waals surface area contributed by atoms with Crippen LogP contribution in [-0.4, -0.2) is 53.5 Å². The van der Waals surface area contributed by atoms with E-state index in [4.69, 9.17) is 4.98 Å². The van der Waals surface area contributed by atoms with Crippen molar-refractivity contribution >= 4 is 0 Å². The minimum absolute atomic E-state index is 0.875. The van der Waals surface area contributed by atoms with Crippen LogP contribution < -0.4 is 5.32 Å². The van der Waals surface area contributed by atoms with Crippen molar-refractivity contribution in [3.05, 3.63) is 29.6 Å². The molecular formula is C16H26N4. The predicted molar refractivity (Wildman–Crippen MR) is 81.5 cm³/mol. The fraction of sp³-hybridized carbons (Fsp3) is 0.688. The lowest BCUT2D eigenvalue weighted by Crippen LogP contribution is -2.46. The maximum absolute atomic E-state index is 4.75. The summed E-state index contributed by atoms with van der Waals surface area (Å²) in [5.41, 5.74) is 2.36. The lowest BCUT2D eigenvalue weighted by atomic mass is 10.2. The van der Waals surface area contributed by atoms with Gasteiger partial charge in [0, 0.05) is 45.3 Å². The number of aromatic nitrogens is 1. The van der Waals surface area contributed by atoms with Gasteiger partial charge in [0.2, 0.25) is 0 Å². The van der Waals surface area contributed by atoms with E-state index in [1.165, 1.54) is 44.7 Å². The molecule has 2 fully saturated rings. The summed E-state index contributed by atoms with van der Waals surface area (Å²) in [5, 5.41) is 3.34. The molecule has 0 spiro atoms.